The molecule has 4 nitrogen and oxygen atoms in total. The summed E-state index contributed by atoms with van der Waals surface area (Å²) in [6, 6.07) is 0. The van der Waals surface area contributed by atoms with Crippen molar-refractivity contribution >= 4 is 18.6 Å². The van der Waals surface area contributed by atoms with Gasteiger partial charge in [0.1, 0.15) is 11.2 Å². The van der Waals surface area contributed by atoms with Crippen molar-refractivity contribution in [2.45, 2.75) is 31.4 Å². The number of carbonyl (C=O) groups is 1. The Balaban J connectivity index is 3.21. The first-order valence-electron chi connectivity index (χ1n) is 3.76. The smallest absolute Gasteiger partial charge is 0.316 e. The fourth-order valence-electron chi connectivity index (χ4n) is 1.06. The van der Waals surface area contributed by atoms with E-state index in [1.165, 1.54) is 0 Å². The zero-order chi connectivity index (χ0) is 10.2. The van der Waals surface area contributed by atoms with Gasteiger partial charge in [-0.05, 0) is 20.8 Å². The molecule has 13 heavy (non-hydrogen) atoms. The molecule has 72 valence electrons. The van der Waals surface area contributed by atoms with Gasteiger partial charge in [-0.1, -0.05) is 12.6 Å². The molecule has 1 aromatic heterocycles. The summed E-state index contributed by atoms with van der Waals surface area (Å²) in [5.74, 6) is -0.593. The van der Waals surface area contributed by atoms with Gasteiger partial charge in [-0.2, -0.15) is 0 Å². The molecule has 0 saturated carbocycles. The Kier molecular flexibility index (Phi) is 2.38. The normalized spacial score (nSPS) is 11.7. The van der Waals surface area contributed by atoms with Crippen molar-refractivity contribution in [2.24, 2.45) is 0 Å². The van der Waals surface area contributed by atoms with Crippen molar-refractivity contribution in [3.05, 3.63) is 11.5 Å². The summed E-state index contributed by atoms with van der Waals surface area (Å²) in [6.45, 7) is 4.83. The largest absolute Gasteiger partial charge is 0.481 e. The maximum atomic E-state index is 10.9. The second kappa shape index (κ2) is 3.06. The van der Waals surface area contributed by atoms with Crippen molar-refractivity contribution in [1.82, 2.24) is 4.98 Å². The first kappa shape index (κ1) is 10.1. The summed E-state index contributed by atoms with van der Waals surface area (Å²) in [5.41, 5.74) is -0.490. The number of aromatic nitrogens is 1. The molecule has 0 aromatic carbocycles. The van der Waals surface area contributed by atoms with E-state index in [-0.39, 0.29) is 5.22 Å². The highest BCUT2D eigenvalue weighted by molar-refractivity contribution is 7.80. The van der Waals surface area contributed by atoms with E-state index < -0.39 is 11.4 Å². The van der Waals surface area contributed by atoms with Gasteiger partial charge in [0.05, 0.1) is 5.69 Å². The van der Waals surface area contributed by atoms with Crippen LogP contribution in [0.2, 0.25) is 0 Å². The number of nitrogens with zero attached hydrogens (tertiary/aromatic N) is 1. The molecule has 1 heterocycles. The van der Waals surface area contributed by atoms with Crippen molar-refractivity contribution < 1.29 is 14.3 Å². The van der Waals surface area contributed by atoms with Gasteiger partial charge in [-0.3, -0.25) is 4.79 Å². The van der Waals surface area contributed by atoms with Gasteiger partial charge in [-0.15, -0.1) is 0 Å². The van der Waals surface area contributed by atoms with Crippen molar-refractivity contribution in [3.8, 4) is 0 Å². The van der Waals surface area contributed by atoms with E-state index in [9.17, 15) is 4.79 Å². The number of rotatable bonds is 2. The Morgan fingerprint density at radius 2 is 2.15 bits per heavy atom. The molecule has 1 N–H and O–H groups in total. The van der Waals surface area contributed by atoms with Gasteiger partial charge in [0.15, 0.2) is 0 Å². The van der Waals surface area contributed by atoms with E-state index in [0.29, 0.717) is 11.5 Å². The number of oxazole rings is 1. The van der Waals surface area contributed by atoms with Crippen LogP contribution in [0.25, 0.3) is 0 Å². The molecule has 0 unspecified atom stereocenters. The van der Waals surface area contributed by atoms with Crippen LogP contribution in [-0.4, -0.2) is 16.1 Å². The molecule has 1 aromatic rings. The van der Waals surface area contributed by atoms with E-state index in [2.05, 4.69) is 17.6 Å². The van der Waals surface area contributed by atoms with Crippen LogP contribution in [0.4, 0.5) is 0 Å². The second-order valence-electron chi connectivity index (χ2n) is 3.34. The van der Waals surface area contributed by atoms with Gasteiger partial charge in [-0.25, -0.2) is 4.98 Å². The van der Waals surface area contributed by atoms with Gasteiger partial charge in [0, 0.05) is 0 Å². The molecule has 1 rings (SSSR count). The Labute approximate surface area is 81.4 Å². The molecule has 0 amide bonds. The molecule has 0 aliphatic heterocycles. The summed E-state index contributed by atoms with van der Waals surface area (Å²) in [6.07, 6.45) is 0. The summed E-state index contributed by atoms with van der Waals surface area (Å²) in [7, 11) is 0. The van der Waals surface area contributed by atoms with Crippen LogP contribution < -0.4 is 0 Å². The lowest BCUT2D eigenvalue weighted by atomic mass is 9.89. The van der Waals surface area contributed by atoms with Crippen LogP contribution in [0.5, 0.6) is 0 Å². The molecule has 0 spiro atoms. The fourth-order valence-corrected chi connectivity index (χ4v) is 1.30. The SMILES string of the molecule is Cc1nc(S)oc1C(C)(C)C(=O)O. The monoisotopic (exact) mass is 201 g/mol. The molecule has 0 atom stereocenters. The Bertz CT molecular complexity index is 343. The lowest BCUT2D eigenvalue weighted by Gasteiger charge is -2.15. The van der Waals surface area contributed by atoms with Crippen molar-refractivity contribution in [1.29, 1.82) is 0 Å². The highest BCUT2D eigenvalue weighted by Crippen LogP contribution is 2.28. The minimum absolute atomic E-state index is 0.196. The molecule has 5 heteroatoms. The third kappa shape index (κ3) is 1.70. The number of aryl methyl sites for hydroxylation is 1. The molecule has 0 bridgehead atoms. The number of carboxylic acid groups (broad SMARTS) is 1. The molecule has 0 radical (unpaired) electrons. The highest BCUT2D eigenvalue weighted by Gasteiger charge is 2.35. The van der Waals surface area contributed by atoms with E-state index in [1.54, 1.807) is 20.8 Å². The molecular weight excluding hydrogens is 190 g/mol. The average Bonchev–Trinajstić information content (AvgIpc) is 2.30. The molecule has 0 saturated heterocycles. The summed E-state index contributed by atoms with van der Waals surface area (Å²) < 4.78 is 5.11. The number of hydrogen-bond acceptors (Lipinski definition) is 4. The molecule has 0 aliphatic carbocycles. The second-order valence-corrected chi connectivity index (χ2v) is 3.72. The third-order valence-corrected chi connectivity index (χ3v) is 2.08. The van der Waals surface area contributed by atoms with E-state index >= 15 is 0 Å². The van der Waals surface area contributed by atoms with Crippen LogP contribution in [-0.2, 0) is 10.2 Å². The summed E-state index contributed by atoms with van der Waals surface area (Å²) in [5, 5.41) is 9.11. The third-order valence-electron chi connectivity index (χ3n) is 1.89. The van der Waals surface area contributed by atoms with Crippen LogP contribution in [0.1, 0.15) is 25.3 Å². The van der Waals surface area contributed by atoms with Crippen molar-refractivity contribution in [3.63, 3.8) is 0 Å². The van der Waals surface area contributed by atoms with E-state index in [4.69, 9.17) is 9.52 Å². The number of carboxylic acids is 1. The average molecular weight is 201 g/mol. The van der Waals surface area contributed by atoms with Crippen LogP contribution in [0, 0.1) is 6.92 Å². The fraction of sp³-hybridized carbons (Fsp3) is 0.500. The zero-order valence-corrected chi connectivity index (χ0v) is 8.55. The minimum Gasteiger partial charge on any atom is -0.481 e. The van der Waals surface area contributed by atoms with Crippen LogP contribution in [0.3, 0.4) is 0 Å². The number of thiol groups is 1. The molecular formula is C8H11NO3S. The van der Waals surface area contributed by atoms with Crippen LogP contribution >= 0.6 is 12.6 Å². The lowest BCUT2D eigenvalue weighted by molar-refractivity contribution is -0.143. The quantitative estimate of drug-likeness (QED) is 0.714. The van der Waals surface area contributed by atoms with Gasteiger partial charge >= 0.3 is 5.97 Å². The predicted octanol–water partition coefficient (Wildman–Crippen LogP) is 1.63. The topological polar surface area (TPSA) is 63.3 Å². The molecule has 0 fully saturated rings. The Morgan fingerprint density at radius 1 is 1.62 bits per heavy atom. The van der Waals surface area contributed by atoms with Gasteiger partial charge < -0.3 is 9.52 Å². The maximum Gasteiger partial charge on any atom is 0.316 e. The standard InChI is InChI=1S/C8H11NO3S/c1-4-5(12-7(13)9-4)8(2,3)6(10)11/h1-3H3,(H,9,13)(H,10,11). The Hall–Kier alpha value is -0.970. The number of aliphatic carboxylic acids is 1. The van der Waals surface area contributed by atoms with E-state index in [1.807, 2.05) is 0 Å². The lowest BCUT2D eigenvalue weighted by Crippen LogP contribution is -2.28. The van der Waals surface area contributed by atoms with E-state index in [0.717, 1.165) is 0 Å². The first-order valence-corrected chi connectivity index (χ1v) is 4.20. The highest BCUT2D eigenvalue weighted by atomic mass is 32.1. The Morgan fingerprint density at radius 3 is 2.46 bits per heavy atom. The molecule has 0 aliphatic rings. The number of hydrogen-bond donors (Lipinski definition) is 2. The first-order chi connectivity index (χ1) is 5.85. The van der Waals surface area contributed by atoms with Gasteiger partial charge in [0.2, 0.25) is 0 Å². The predicted molar refractivity (Wildman–Crippen MR) is 49.2 cm³/mol. The van der Waals surface area contributed by atoms with Crippen molar-refractivity contribution in [2.75, 3.05) is 0 Å². The van der Waals surface area contributed by atoms with Crippen LogP contribution in [0.15, 0.2) is 9.64 Å². The summed E-state index contributed by atoms with van der Waals surface area (Å²) in [4.78, 5) is 14.8. The maximum absolute atomic E-state index is 10.9. The van der Waals surface area contributed by atoms with Gasteiger partial charge in [0.25, 0.3) is 5.22 Å². The zero-order valence-electron chi connectivity index (χ0n) is 7.66. The minimum atomic E-state index is -1.06. The summed E-state index contributed by atoms with van der Waals surface area (Å²) >= 11 is 3.90.